The zero-order chi connectivity index (χ0) is 12.5. The number of carbonyl (C=O) groups excluding carboxylic acids is 1. The van der Waals surface area contributed by atoms with Crippen LogP contribution in [0.5, 0.6) is 5.75 Å². The van der Waals surface area contributed by atoms with E-state index in [1.165, 1.54) is 0 Å². The van der Waals surface area contributed by atoms with E-state index in [0.717, 1.165) is 16.8 Å². The van der Waals surface area contributed by atoms with Gasteiger partial charge in [-0.1, -0.05) is 0 Å². The third-order valence-corrected chi connectivity index (χ3v) is 3.27. The lowest BCUT2D eigenvalue weighted by Crippen LogP contribution is -2.21. The van der Waals surface area contributed by atoms with Gasteiger partial charge in [-0.3, -0.25) is 4.79 Å². The Hall–Kier alpha value is -1.59. The first-order valence-corrected chi connectivity index (χ1v) is 6.02. The van der Waals surface area contributed by atoms with Crippen molar-refractivity contribution in [3.05, 3.63) is 23.3 Å². The molecular weight excluding hydrogens is 234 g/mol. The molecule has 0 atom stereocenters. The molecule has 2 heterocycles. The Labute approximate surface area is 105 Å². The molecule has 1 aromatic rings. The number of amides is 1. The number of nitrogens with one attached hydrogen (secondary N) is 1. The second-order valence-electron chi connectivity index (χ2n) is 4.33. The summed E-state index contributed by atoms with van der Waals surface area (Å²) in [5.74, 6) is 0.700. The summed E-state index contributed by atoms with van der Waals surface area (Å²) in [5, 5.41) is 2.87. The molecule has 5 nitrogen and oxygen atoms in total. The minimum Gasteiger partial charge on any atom is -0.495 e. The Balaban J connectivity index is 2.05. The van der Waals surface area contributed by atoms with Gasteiger partial charge in [-0.2, -0.15) is 0 Å². The third kappa shape index (κ3) is 1.85. The minimum absolute atomic E-state index is 0.0196. The molecule has 1 N–H and O–H groups in total. The standard InChI is InChI=1S/C13H15NO4/c1-16-10-4-2-9(13-17-6-7-18-13)8-3-5-11(15)14-12(8)10/h2,4,13H,3,5-7H2,1H3,(H,14,15). The Morgan fingerprint density at radius 1 is 1.28 bits per heavy atom. The SMILES string of the molecule is COc1ccc(C2OCCO2)c2c1NC(=O)CC2. The van der Waals surface area contributed by atoms with Gasteiger partial charge in [-0.25, -0.2) is 0 Å². The summed E-state index contributed by atoms with van der Waals surface area (Å²) in [6.45, 7) is 1.22. The normalized spacial score (nSPS) is 19.5. The molecule has 0 unspecified atom stereocenters. The van der Waals surface area contributed by atoms with Gasteiger partial charge in [0, 0.05) is 12.0 Å². The van der Waals surface area contributed by atoms with Gasteiger partial charge in [0.25, 0.3) is 0 Å². The maximum absolute atomic E-state index is 11.5. The Kier molecular flexibility index (Phi) is 2.93. The zero-order valence-electron chi connectivity index (χ0n) is 10.2. The van der Waals surface area contributed by atoms with Gasteiger partial charge in [0.15, 0.2) is 6.29 Å². The molecule has 96 valence electrons. The number of fused-ring (bicyclic) bond motifs is 1. The number of rotatable bonds is 2. The van der Waals surface area contributed by atoms with Crippen LogP contribution in [-0.2, 0) is 20.7 Å². The van der Waals surface area contributed by atoms with Crippen LogP contribution in [-0.4, -0.2) is 26.2 Å². The van der Waals surface area contributed by atoms with Gasteiger partial charge in [0.1, 0.15) is 5.75 Å². The molecule has 0 aliphatic carbocycles. The topological polar surface area (TPSA) is 56.8 Å². The highest BCUT2D eigenvalue weighted by atomic mass is 16.7. The fourth-order valence-electron chi connectivity index (χ4n) is 2.42. The maximum atomic E-state index is 11.5. The molecule has 3 rings (SSSR count). The average molecular weight is 249 g/mol. The molecule has 0 bridgehead atoms. The fraction of sp³-hybridized carbons (Fsp3) is 0.462. The van der Waals surface area contributed by atoms with Crippen molar-refractivity contribution in [1.82, 2.24) is 0 Å². The van der Waals surface area contributed by atoms with E-state index < -0.39 is 0 Å². The predicted octanol–water partition coefficient (Wildman–Crippen LogP) is 1.63. The largest absolute Gasteiger partial charge is 0.495 e. The lowest BCUT2D eigenvalue weighted by atomic mass is 9.96. The van der Waals surface area contributed by atoms with Crippen LogP contribution >= 0.6 is 0 Å². The number of hydrogen-bond acceptors (Lipinski definition) is 4. The summed E-state index contributed by atoms with van der Waals surface area (Å²) in [5.41, 5.74) is 2.80. The molecule has 0 spiro atoms. The van der Waals surface area contributed by atoms with Gasteiger partial charge in [-0.05, 0) is 24.1 Å². The van der Waals surface area contributed by atoms with E-state index in [2.05, 4.69) is 5.32 Å². The summed E-state index contributed by atoms with van der Waals surface area (Å²) in [4.78, 5) is 11.5. The van der Waals surface area contributed by atoms with Crippen LogP contribution in [0, 0.1) is 0 Å². The van der Waals surface area contributed by atoms with E-state index in [4.69, 9.17) is 14.2 Å². The van der Waals surface area contributed by atoms with Crippen LogP contribution in [0.2, 0.25) is 0 Å². The van der Waals surface area contributed by atoms with Crippen molar-refractivity contribution in [2.45, 2.75) is 19.1 Å². The molecule has 5 heteroatoms. The molecule has 1 fully saturated rings. The van der Waals surface area contributed by atoms with Crippen molar-refractivity contribution in [3.63, 3.8) is 0 Å². The van der Waals surface area contributed by atoms with Crippen molar-refractivity contribution in [1.29, 1.82) is 0 Å². The average Bonchev–Trinajstić information content (AvgIpc) is 2.91. The van der Waals surface area contributed by atoms with Crippen LogP contribution in [0.15, 0.2) is 12.1 Å². The van der Waals surface area contributed by atoms with E-state index in [0.29, 0.717) is 31.8 Å². The molecule has 1 saturated heterocycles. The van der Waals surface area contributed by atoms with Gasteiger partial charge < -0.3 is 19.5 Å². The number of ether oxygens (including phenoxy) is 3. The molecule has 18 heavy (non-hydrogen) atoms. The highest BCUT2D eigenvalue weighted by Gasteiger charge is 2.27. The van der Waals surface area contributed by atoms with E-state index >= 15 is 0 Å². The first-order chi connectivity index (χ1) is 8.79. The van der Waals surface area contributed by atoms with Crippen molar-refractivity contribution < 1.29 is 19.0 Å². The second kappa shape index (κ2) is 4.59. The molecule has 2 aliphatic heterocycles. The molecule has 2 aliphatic rings. The van der Waals surface area contributed by atoms with Crippen molar-refractivity contribution in [3.8, 4) is 5.75 Å². The van der Waals surface area contributed by atoms with Crippen molar-refractivity contribution in [2.75, 3.05) is 25.6 Å². The van der Waals surface area contributed by atoms with E-state index in [1.54, 1.807) is 7.11 Å². The van der Waals surface area contributed by atoms with Gasteiger partial charge in [0.05, 0.1) is 26.0 Å². The molecule has 0 saturated carbocycles. The second-order valence-corrected chi connectivity index (χ2v) is 4.33. The monoisotopic (exact) mass is 249 g/mol. The Bertz CT molecular complexity index is 480. The van der Waals surface area contributed by atoms with Gasteiger partial charge in [0.2, 0.25) is 5.91 Å². The highest BCUT2D eigenvalue weighted by Crippen LogP contribution is 2.39. The van der Waals surface area contributed by atoms with Crippen LogP contribution < -0.4 is 10.1 Å². The number of benzene rings is 1. The van der Waals surface area contributed by atoms with E-state index in [-0.39, 0.29) is 12.2 Å². The van der Waals surface area contributed by atoms with Gasteiger partial charge >= 0.3 is 0 Å². The smallest absolute Gasteiger partial charge is 0.224 e. The quantitative estimate of drug-likeness (QED) is 0.865. The summed E-state index contributed by atoms with van der Waals surface area (Å²) in [6.07, 6.45) is 0.858. The maximum Gasteiger partial charge on any atom is 0.224 e. The van der Waals surface area contributed by atoms with Crippen LogP contribution in [0.4, 0.5) is 5.69 Å². The summed E-state index contributed by atoms with van der Waals surface area (Å²) >= 11 is 0. The number of hydrogen-bond donors (Lipinski definition) is 1. The van der Waals surface area contributed by atoms with E-state index in [1.807, 2.05) is 12.1 Å². The van der Waals surface area contributed by atoms with E-state index in [9.17, 15) is 4.79 Å². The molecule has 0 aromatic heterocycles. The Morgan fingerprint density at radius 2 is 2.06 bits per heavy atom. The van der Waals surface area contributed by atoms with Gasteiger partial charge in [-0.15, -0.1) is 0 Å². The lowest BCUT2D eigenvalue weighted by molar-refractivity contribution is -0.116. The molecule has 1 amide bonds. The first-order valence-electron chi connectivity index (χ1n) is 6.02. The Morgan fingerprint density at radius 3 is 2.78 bits per heavy atom. The number of carbonyl (C=O) groups is 1. The minimum atomic E-state index is -0.320. The predicted molar refractivity (Wildman–Crippen MR) is 64.6 cm³/mol. The fourth-order valence-corrected chi connectivity index (χ4v) is 2.42. The molecule has 0 radical (unpaired) electrons. The first kappa shape index (κ1) is 11.5. The highest BCUT2D eigenvalue weighted by molar-refractivity contribution is 5.96. The number of methoxy groups -OCH3 is 1. The van der Waals surface area contributed by atoms with Crippen molar-refractivity contribution >= 4 is 11.6 Å². The zero-order valence-corrected chi connectivity index (χ0v) is 10.2. The van der Waals surface area contributed by atoms with Crippen molar-refractivity contribution in [2.24, 2.45) is 0 Å². The van der Waals surface area contributed by atoms with Crippen LogP contribution in [0.3, 0.4) is 0 Å². The molecule has 1 aromatic carbocycles. The van der Waals surface area contributed by atoms with Crippen LogP contribution in [0.1, 0.15) is 23.8 Å². The molecular formula is C13H15NO4. The summed E-state index contributed by atoms with van der Waals surface area (Å²) in [7, 11) is 1.60. The lowest BCUT2D eigenvalue weighted by Gasteiger charge is -2.24. The van der Waals surface area contributed by atoms with Crippen LogP contribution in [0.25, 0.3) is 0 Å². The third-order valence-electron chi connectivity index (χ3n) is 3.27. The summed E-state index contributed by atoms with van der Waals surface area (Å²) < 4.78 is 16.3. The summed E-state index contributed by atoms with van der Waals surface area (Å²) in [6, 6.07) is 3.79. The number of anilines is 1.